The summed E-state index contributed by atoms with van der Waals surface area (Å²) in [5, 5.41) is 0. The van der Waals surface area contributed by atoms with Crippen LogP contribution in [0.2, 0.25) is 0 Å². The Kier molecular flexibility index (Phi) is 5.82. The molecule has 5 heteroatoms. The van der Waals surface area contributed by atoms with Gasteiger partial charge in [0.05, 0.1) is 6.10 Å². The van der Waals surface area contributed by atoms with E-state index in [1.165, 1.54) is 0 Å². The Labute approximate surface area is 126 Å². The van der Waals surface area contributed by atoms with Crippen molar-refractivity contribution in [2.24, 2.45) is 5.73 Å². The molecule has 1 aromatic rings. The van der Waals surface area contributed by atoms with E-state index in [1.807, 2.05) is 24.8 Å². The summed E-state index contributed by atoms with van der Waals surface area (Å²) >= 11 is 0. The molecule has 0 aliphatic carbocycles. The van der Waals surface area contributed by atoms with Gasteiger partial charge in [-0.3, -0.25) is 4.79 Å². The quantitative estimate of drug-likeness (QED) is 0.816. The number of nitrogens with two attached hydrogens (primary N) is 1. The lowest BCUT2D eigenvalue weighted by atomic mass is 10.1. The number of rotatable bonds is 6. The first-order chi connectivity index (χ1) is 10.2. The van der Waals surface area contributed by atoms with Crippen molar-refractivity contribution < 1.29 is 13.9 Å². The number of ether oxygens (including phenoxy) is 1. The van der Waals surface area contributed by atoms with E-state index >= 15 is 0 Å². The molecule has 5 nitrogen and oxygen atoms in total. The van der Waals surface area contributed by atoms with Gasteiger partial charge in [-0.25, -0.2) is 0 Å². The summed E-state index contributed by atoms with van der Waals surface area (Å²) in [6.45, 7) is 6.85. The predicted molar refractivity (Wildman–Crippen MR) is 81.4 cm³/mol. The minimum Gasteiger partial charge on any atom is -0.456 e. The third kappa shape index (κ3) is 4.08. The highest BCUT2D eigenvalue weighted by Crippen LogP contribution is 2.20. The molecule has 21 heavy (non-hydrogen) atoms. The molecule has 0 radical (unpaired) electrons. The molecule has 1 fully saturated rings. The Morgan fingerprint density at radius 2 is 2.19 bits per heavy atom. The van der Waals surface area contributed by atoms with Crippen molar-refractivity contribution in [1.29, 1.82) is 0 Å². The predicted octanol–water partition coefficient (Wildman–Crippen LogP) is 2.12. The molecule has 118 valence electrons. The van der Waals surface area contributed by atoms with E-state index in [4.69, 9.17) is 14.9 Å². The number of hydrogen-bond donors (Lipinski definition) is 1. The van der Waals surface area contributed by atoms with Gasteiger partial charge in [-0.05, 0) is 44.4 Å². The minimum atomic E-state index is -0.00166. The highest BCUT2D eigenvalue weighted by Gasteiger charge is 2.26. The van der Waals surface area contributed by atoms with Gasteiger partial charge in [0, 0.05) is 26.1 Å². The average Bonchev–Trinajstić information content (AvgIpc) is 2.88. The Balaban J connectivity index is 1.85. The zero-order valence-corrected chi connectivity index (χ0v) is 13.1. The summed E-state index contributed by atoms with van der Waals surface area (Å²) in [4.78, 5) is 14.3. The van der Waals surface area contributed by atoms with Gasteiger partial charge in [0.1, 0.15) is 5.76 Å². The molecule has 0 atom stereocenters. The van der Waals surface area contributed by atoms with Crippen molar-refractivity contribution in [2.45, 2.75) is 45.6 Å². The number of carbonyl (C=O) groups is 1. The van der Waals surface area contributed by atoms with Crippen molar-refractivity contribution >= 4 is 5.91 Å². The lowest BCUT2D eigenvalue weighted by Crippen LogP contribution is -2.40. The Morgan fingerprint density at radius 3 is 2.76 bits per heavy atom. The monoisotopic (exact) mass is 294 g/mol. The van der Waals surface area contributed by atoms with Gasteiger partial charge in [0.15, 0.2) is 5.76 Å². The molecule has 2 N–H and O–H groups in total. The first-order valence-electron chi connectivity index (χ1n) is 7.86. The minimum absolute atomic E-state index is 0.00166. The second kappa shape index (κ2) is 7.61. The Bertz CT molecular complexity index is 462. The summed E-state index contributed by atoms with van der Waals surface area (Å²) in [6.07, 6.45) is 3.73. The van der Waals surface area contributed by atoms with E-state index in [2.05, 4.69) is 0 Å². The molecule has 1 aliphatic rings. The lowest BCUT2D eigenvalue weighted by molar-refractivity contribution is 0.00760. The fourth-order valence-electron chi connectivity index (χ4n) is 2.69. The second-order valence-corrected chi connectivity index (χ2v) is 5.57. The van der Waals surface area contributed by atoms with Crippen LogP contribution in [0.5, 0.6) is 0 Å². The zero-order valence-electron chi connectivity index (χ0n) is 13.1. The van der Waals surface area contributed by atoms with Crippen molar-refractivity contribution in [3.8, 4) is 0 Å². The summed E-state index contributed by atoms with van der Waals surface area (Å²) in [6, 6.07) is 1.85. The topological polar surface area (TPSA) is 68.7 Å². The van der Waals surface area contributed by atoms with Gasteiger partial charge in [0.25, 0.3) is 5.91 Å². The van der Waals surface area contributed by atoms with Crippen LogP contribution in [0.25, 0.3) is 0 Å². The number of piperidine rings is 1. The SMILES string of the molecule is CCc1oc(C(=O)N2CCC(OCCCN)CC2)cc1C. The summed E-state index contributed by atoms with van der Waals surface area (Å²) in [7, 11) is 0. The van der Waals surface area contributed by atoms with Crippen LogP contribution < -0.4 is 5.73 Å². The van der Waals surface area contributed by atoms with Gasteiger partial charge in [-0.1, -0.05) is 6.92 Å². The van der Waals surface area contributed by atoms with E-state index in [1.54, 1.807) is 0 Å². The first-order valence-corrected chi connectivity index (χ1v) is 7.86. The maximum absolute atomic E-state index is 12.4. The fourth-order valence-corrected chi connectivity index (χ4v) is 2.69. The number of carbonyl (C=O) groups excluding carboxylic acids is 1. The van der Waals surface area contributed by atoms with Gasteiger partial charge in [-0.2, -0.15) is 0 Å². The van der Waals surface area contributed by atoms with Crippen molar-refractivity contribution in [3.63, 3.8) is 0 Å². The molecule has 1 aliphatic heterocycles. The Hall–Kier alpha value is -1.33. The van der Waals surface area contributed by atoms with Gasteiger partial charge >= 0.3 is 0 Å². The van der Waals surface area contributed by atoms with Crippen molar-refractivity contribution in [2.75, 3.05) is 26.2 Å². The fraction of sp³-hybridized carbons (Fsp3) is 0.688. The third-order valence-corrected chi connectivity index (χ3v) is 3.98. The molecule has 1 saturated heterocycles. The lowest BCUT2D eigenvalue weighted by Gasteiger charge is -2.31. The number of furan rings is 1. The Morgan fingerprint density at radius 1 is 1.48 bits per heavy atom. The highest BCUT2D eigenvalue weighted by atomic mass is 16.5. The average molecular weight is 294 g/mol. The molecule has 2 rings (SSSR count). The van der Waals surface area contributed by atoms with Crippen LogP contribution in [0.15, 0.2) is 10.5 Å². The van der Waals surface area contributed by atoms with E-state index in [9.17, 15) is 4.79 Å². The number of likely N-dealkylation sites (tertiary alicyclic amines) is 1. The highest BCUT2D eigenvalue weighted by molar-refractivity contribution is 5.91. The standard InChI is InChI=1S/C16H26N2O3/c1-3-14-12(2)11-15(21-14)16(19)18-8-5-13(6-9-18)20-10-4-7-17/h11,13H,3-10,17H2,1-2H3. The molecule has 0 spiro atoms. The van der Waals surface area contributed by atoms with Gasteiger partial charge in [-0.15, -0.1) is 0 Å². The largest absolute Gasteiger partial charge is 0.456 e. The molecule has 1 aromatic heterocycles. The van der Waals surface area contributed by atoms with Gasteiger partial charge in [0.2, 0.25) is 0 Å². The molecule has 0 bridgehead atoms. The number of hydrogen-bond acceptors (Lipinski definition) is 4. The molecule has 2 heterocycles. The van der Waals surface area contributed by atoms with E-state index in [0.29, 0.717) is 18.9 Å². The third-order valence-electron chi connectivity index (χ3n) is 3.98. The van der Waals surface area contributed by atoms with Crippen LogP contribution in [-0.2, 0) is 11.2 Å². The zero-order chi connectivity index (χ0) is 15.2. The smallest absolute Gasteiger partial charge is 0.289 e. The molecular formula is C16H26N2O3. The maximum Gasteiger partial charge on any atom is 0.289 e. The number of aryl methyl sites for hydroxylation is 2. The van der Waals surface area contributed by atoms with E-state index in [-0.39, 0.29) is 12.0 Å². The molecular weight excluding hydrogens is 268 g/mol. The van der Waals surface area contributed by atoms with Crippen LogP contribution in [0.1, 0.15) is 48.1 Å². The van der Waals surface area contributed by atoms with Crippen LogP contribution >= 0.6 is 0 Å². The second-order valence-electron chi connectivity index (χ2n) is 5.57. The van der Waals surface area contributed by atoms with Crippen molar-refractivity contribution in [1.82, 2.24) is 4.90 Å². The maximum atomic E-state index is 12.4. The molecule has 0 saturated carbocycles. The normalized spacial score (nSPS) is 16.4. The van der Waals surface area contributed by atoms with E-state index in [0.717, 1.165) is 50.1 Å². The number of nitrogens with zero attached hydrogens (tertiary/aromatic N) is 1. The molecule has 1 amide bonds. The first kappa shape index (κ1) is 16.0. The van der Waals surface area contributed by atoms with Crippen LogP contribution in [0, 0.1) is 6.92 Å². The summed E-state index contributed by atoms with van der Waals surface area (Å²) in [5.41, 5.74) is 6.51. The van der Waals surface area contributed by atoms with Crippen LogP contribution in [0.4, 0.5) is 0 Å². The van der Waals surface area contributed by atoms with E-state index < -0.39 is 0 Å². The summed E-state index contributed by atoms with van der Waals surface area (Å²) in [5.74, 6) is 1.36. The molecule has 0 unspecified atom stereocenters. The van der Waals surface area contributed by atoms with Crippen molar-refractivity contribution in [3.05, 3.63) is 23.2 Å². The van der Waals surface area contributed by atoms with Crippen LogP contribution in [0.3, 0.4) is 0 Å². The van der Waals surface area contributed by atoms with Crippen LogP contribution in [-0.4, -0.2) is 43.2 Å². The number of amides is 1. The van der Waals surface area contributed by atoms with Gasteiger partial charge < -0.3 is 19.8 Å². The summed E-state index contributed by atoms with van der Waals surface area (Å²) < 4.78 is 11.4. The molecule has 0 aromatic carbocycles.